The molecule has 0 unspecified atom stereocenters. The van der Waals surface area contributed by atoms with Crippen LogP contribution < -0.4 is 5.56 Å². The fraction of sp³-hybridized carbons (Fsp3) is 0.333. The summed E-state index contributed by atoms with van der Waals surface area (Å²) in [7, 11) is 0. The number of phenols is 1. The highest BCUT2D eigenvalue weighted by Crippen LogP contribution is 2.44. The van der Waals surface area contributed by atoms with Gasteiger partial charge < -0.3 is 5.11 Å². The van der Waals surface area contributed by atoms with Crippen LogP contribution in [-0.2, 0) is 0 Å². The molecule has 2 heterocycles. The lowest BCUT2D eigenvalue weighted by atomic mass is 10.1. The normalized spacial score (nSPS) is 17.7. The molecule has 6 heteroatoms. The number of hydrogen-bond acceptors (Lipinski definition) is 4. The lowest BCUT2D eigenvalue weighted by molar-refractivity contribution is 0.474. The summed E-state index contributed by atoms with van der Waals surface area (Å²) in [6.45, 7) is 5.95. The topological polar surface area (TPSA) is 70.4 Å². The van der Waals surface area contributed by atoms with Gasteiger partial charge in [-0.1, -0.05) is 23.9 Å². The number of nitrogens with one attached hydrogen (secondary N) is 1. The minimum absolute atomic E-state index is 0.115. The van der Waals surface area contributed by atoms with Crippen LogP contribution in [0, 0.1) is 0 Å². The molecule has 0 saturated carbocycles. The summed E-state index contributed by atoms with van der Waals surface area (Å²) in [5, 5.41) is 13.3. The summed E-state index contributed by atoms with van der Waals surface area (Å²) in [6, 6.07) is 7.17. The van der Waals surface area contributed by atoms with E-state index in [1.807, 2.05) is 26.8 Å². The minimum atomic E-state index is -0.145. The number of fused-ring (bicyclic) bond motifs is 1. The van der Waals surface area contributed by atoms with E-state index in [9.17, 15) is 9.90 Å². The Morgan fingerprint density at radius 2 is 2.19 bits per heavy atom. The first-order valence-corrected chi connectivity index (χ1v) is 7.70. The highest BCUT2D eigenvalue weighted by molar-refractivity contribution is 8.14. The Labute approximate surface area is 126 Å². The molecule has 2 N–H and O–H groups in total. The molecule has 2 aromatic rings. The molecule has 0 radical (unpaired) electrons. The van der Waals surface area contributed by atoms with E-state index in [0.29, 0.717) is 11.4 Å². The number of H-pyrrole nitrogens is 1. The molecule has 21 heavy (non-hydrogen) atoms. The molecule has 110 valence electrons. The molecule has 1 aromatic heterocycles. The van der Waals surface area contributed by atoms with Crippen molar-refractivity contribution in [2.45, 2.75) is 32.1 Å². The summed E-state index contributed by atoms with van der Waals surface area (Å²) in [6.07, 6.45) is 0. The second-order valence-electron chi connectivity index (χ2n) is 5.37. The zero-order valence-corrected chi connectivity index (χ0v) is 12.9. The number of hydrogen-bond donors (Lipinski definition) is 2. The predicted octanol–water partition coefficient (Wildman–Crippen LogP) is 3.35. The highest BCUT2D eigenvalue weighted by atomic mass is 32.2. The van der Waals surface area contributed by atoms with Gasteiger partial charge in [0, 0.05) is 6.04 Å². The lowest BCUT2D eigenvalue weighted by Gasteiger charge is -2.21. The van der Waals surface area contributed by atoms with Gasteiger partial charge in [0.05, 0.1) is 15.9 Å². The van der Waals surface area contributed by atoms with Crippen LogP contribution in [0.15, 0.2) is 34.1 Å². The standard InChI is InChI=1S/C15H17N3O2S/c1-8(2)18-14-12(15(20)17-18)13(21-9(3)16-14)10-5-4-6-11(19)7-10/h4-8,13,19H,1-3H3,(H,17,20)/t13-/m0/s1. The van der Waals surface area contributed by atoms with Crippen molar-refractivity contribution in [3.05, 3.63) is 45.7 Å². The molecule has 5 nitrogen and oxygen atoms in total. The van der Waals surface area contributed by atoms with Gasteiger partial charge in [0.2, 0.25) is 0 Å². The molecule has 1 aliphatic heterocycles. The fourth-order valence-corrected chi connectivity index (χ4v) is 3.60. The average Bonchev–Trinajstić information content (AvgIpc) is 2.75. The number of rotatable bonds is 2. The summed E-state index contributed by atoms with van der Waals surface area (Å²) < 4.78 is 1.80. The maximum absolute atomic E-state index is 12.3. The van der Waals surface area contributed by atoms with Gasteiger partial charge in [-0.3, -0.25) is 14.6 Å². The van der Waals surface area contributed by atoms with Crippen LogP contribution in [-0.4, -0.2) is 19.9 Å². The monoisotopic (exact) mass is 303 g/mol. The first-order chi connectivity index (χ1) is 9.97. The molecular weight excluding hydrogens is 286 g/mol. The lowest BCUT2D eigenvalue weighted by Crippen LogP contribution is -2.13. The van der Waals surface area contributed by atoms with Gasteiger partial charge in [-0.25, -0.2) is 4.99 Å². The summed E-state index contributed by atoms with van der Waals surface area (Å²) in [4.78, 5) is 16.9. The number of phenolic OH excluding ortho intramolecular Hbond substituents is 1. The minimum Gasteiger partial charge on any atom is -0.508 e. The molecule has 0 fully saturated rings. The van der Waals surface area contributed by atoms with Gasteiger partial charge >= 0.3 is 0 Å². The van der Waals surface area contributed by atoms with Crippen molar-refractivity contribution in [3.8, 4) is 5.75 Å². The van der Waals surface area contributed by atoms with E-state index < -0.39 is 0 Å². The Kier molecular flexibility index (Phi) is 3.41. The van der Waals surface area contributed by atoms with Gasteiger partial charge in [0.1, 0.15) is 5.75 Å². The molecule has 1 atom stereocenters. The maximum atomic E-state index is 12.3. The first kappa shape index (κ1) is 14.0. The van der Waals surface area contributed by atoms with Crippen LogP contribution in [0.3, 0.4) is 0 Å². The highest BCUT2D eigenvalue weighted by Gasteiger charge is 2.30. The third-order valence-electron chi connectivity index (χ3n) is 3.44. The Morgan fingerprint density at radius 3 is 2.86 bits per heavy atom. The van der Waals surface area contributed by atoms with Crippen molar-refractivity contribution in [2.24, 2.45) is 4.99 Å². The maximum Gasteiger partial charge on any atom is 0.271 e. The van der Waals surface area contributed by atoms with Gasteiger partial charge in [0.15, 0.2) is 5.82 Å². The number of benzene rings is 1. The SMILES string of the molecule is CC1=Nc2c(c(=O)[nH]n2C(C)C)[C@H](c2cccc(O)c2)S1. The number of aromatic nitrogens is 2. The zero-order chi connectivity index (χ0) is 15.1. The van der Waals surface area contributed by atoms with Crippen molar-refractivity contribution in [1.29, 1.82) is 0 Å². The number of aliphatic imine (C=N–C) groups is 1. The van der Waals surface area contributed by atoms with Crippen molar-refractivity contribution in [2.75, 3.05) is 0 Å². The molecule has 0 saturated heterocycles. The average molecular weight is 303 g/mol. The van der Waals surface area contributed by atoms with Gasteiger partial charge in [0.25, 0.3) is 5.56 Å². The summed E-state index contributed by atoms with van der Waals surface area (Å²) in [5.74, 6) is 0.897. The van der Waals surface area contributed by atoms with Gasteiger partial charge in [-0.05, 0) is 38.5 Å². The third kappa shape index (κ3) is 2.40. The predicted molar refractivity (Wildman–Crippen MR) is 85.7 cm³/mol. The Morgan fingerprint density at radius 1 is 1.43 bits per heavy atom. The van der Waals surface area contributed by atoms with Crippen molar-refractivity contribution in [3.63, 3.8) is 0 Å². The smallest absolute Gasteiger partial charge is 0.271 e. The summed E-state index contributed by atoms with van der Waals surface area (Å²) >= 11 is 1.54. The van der Waals surface area contributed by atoms with Gasteiger partial charge in [-0.15, -0.1) is 0 Å². The number of thioether (sulfide) groups is 1. The van der Waals surface area contributed by atoms with Crippen LogP contribution in [0.1, 0.15) is 43.2 Å². The molecule has 3 rings (SSSR count). The van der Waals surface area contributed by atoms with E-state index in [4.69, 9.17) is 0 Å². The second-order valence-corrected chi connectivity index (χ2v) is 6.66. The Balaban J connectivity index is 2.20. The first-order valence-electron chi connectivity index (χ1n) is 6.82. The third-order valence-corrected chi connectivity index (χ3v) is 4.61. The van der Waals surface area contributed by atoms with Crippen LogP contribution in [0.4, 0.5) is 5.82 Å². The van der Waals surface area contributed by atoms with Gasteiger partial charge in [-0.2, -0.15) is 0 Å². The van der Waals surface area contributed by atoms with Crippen molar-refractivity contribution >= 4 is 22.6 Å². The molecule has 1 aromatic carbocycles. The molecular formula is C15H17N3O2S. The fourth-order valence-electron chi connectivity index (χ4n) is 2.51. The van der Waals surface area contributed by atoms with E-state index >= 15 is 0 Å². The van der Waals surface area contributed by atoms with Crippen LogP contribution in [0.25, 0.3) is 0 Å². The van der Waals surface area contributed by atoms with Crippen molar-refractivity contribution in [1.82, 2.24) is 9.78 Å². The Bertz CT molecular complexity index is 773. The largest absolute Gasteiger partial charge is 0.508 e. The van der Waals surface area contributed by atoms with E-state index in [1.54, 1.807) is 22.9 Å². The van der Waals surface area contributed by atoms with Crippen molar-refractivity contribution < 1.29 is 5.11 Å². The molecule has 0 amide bonds. The molecule has 0 bridgehead atoms. The van der Waals surface area contributed by atoms with Crippen LogP contribution in [0.2, 0.25) is 0 Å². The second kappa shape index (κ2) is 5.11. The number of aromatic hydroxyl groups is 1. The van der Waals surface area contributed by atoms with Crippen LogP contribution >= 0.6 is 11.8 Å². The van der Waals surface area contributed by atoms with E-state index in [1.165, 1.54) is 11.8 Å². The zero-order valence-electron chi connectivity index (χ0n) is 12.1. The molecule has 0 aliphatic carbocycles. The van der Waals surface area contributed by atoms with E-state index in [0.717, 1.165) is 10.6 Å². The molecule has 1 aliphatic rings. The Hall–Kier alpha value is -1.95. The summed E-state index contributed by atoms with van der Waals surface area (Å²) in [5.41, 5.74) is 1.45. The van der Waals surface area contributed by atoms with Crippen LogP contribution in [0.5, 0.6) is 5.75 Å². The number of aromatic amines is 1. The number of nitrogens with zero attached hydrogens (tertiary/aromatic N) is 2. The quantitative estimate of drug-likeness (QED) is 0.893. The molecule has 0 spiro atoms. The van der Waals surface area contributed by atoms with E-state index in [2.05, 4.69) is 10.1 Å². The van der Waals surface area contributed by atoms with E-state index in [-0.39, 0.29) is 22.6 Å².